The van der Waals surface area contributed by atoms with Gasteiger partial charge in [0, 0.05) is 0 Å². The molecule has 1 aliphatic rings. The van der Waals surface area contributed by atoms with Gasteiger partial charge in [-0.15, -0.1) is 0 Å². The van der Waals surface area contributed by atoms with Crippen molar-refractivity contribution < 1.29 is 23.0 Å². The van der Waals surface area contributed by atoms with Crippen LogP contribution in [0.15, 0.2) is 18.2 Å². The van der Waals surface area contributed by atoms with Gasteiger partial charge < -0.3 is 20.5 Å². The average Bonchev–Trinajstić information content (AvgIpc) is 2.49. The van der Waals surface area contributed by atoms with E-state index in [1.165, 1.54) is 0 Å². The maximum absolute atomic E-state index is 12.2. The Morgan fingerprint density at radius 2 is 1.92 bits per heavy atom. The minimum atomic E-state index is -2.83. The number of rotatable bonds is 4. The van der Waals surface area contributed by atoms with Crippen molar-refractivity contribution in [2.75, 3.05) is 18.8 Å². The first kappa shape index (κ1) is 20.2. The largest absolute Gasteiger partial charge is 0.462 e. The zero-order valence-electron chi connectivity index (χ0n) is 14.4. The highest BCUT2D eigenvalue weighted by Crippen LogP contribution is 2.31. The first-order valence-electron chi connectivity index (χ1n) is 7.89. The number of nitrogen functional groups attached to an aromatic ring is 1. The zero-order valence-corrected chi connectivity index (χ0v) is 14.4. The van der Waals surface area contributed by atoms with Gasteiger partial charge in [0.2, 0.25) is 0 Å². The van der Waals surface area contributed by atoms with Crippen LogP contribution in [0.1, 0.15) is 45.1 Å². The molecule has 1 aromatic rings. The van der Waals surface area contributed by atoms with E-state index >= 15 is 0 Å². The van der Waals surface area contributed by atoms with Gasteiger partial charge in [-0.2, -0.15) is 8.78 Å². The third-order valence-corrected chi connectivity index (χ3v) is 3.47. The molecule has 1 heterocycles. The molecule has 2 rings (SSSR count). The van der Waals surface area contributed by atoms with Crippen LogP contribution in [0.25, 0.3) is 0 Å². The number of halogens is 2. The molecule has 1 fully saturated rings. The molecule has 0 bridgehead atoms. The highest BCUT2D eigenvalue weighted by Gasteiger charge is 2.17. The lowest BCUT2D eigenvalue weighted by Crippen LogP contribution is -2.26. The molecule has 0 radical (unpaired) electrons. The molecular formula is C17H26F2N2O3. The van der Waals surface area contributed by atoms with Crippen molar-refractivity contribution in [3.8, 4) is 5.75 Å². The van der Waals surface area contributed by atoms with Crippen molar-refractivity contribution in [3.05, 3.63) is 23.8 Å². The number of nitrogens with two attached hydrogens (primary N) is 1. The second-order valence-corrected chi connectivity index (χ2v) is 6.53. The number of ether oxygens (including phenoxy) is 2. The Morgan fingerprint density at radius 1 is 1.29 bits per heavy atom. The van der Waals surface area contributed by atoms with Gasteiger partial charge in [-0.05, 0) is 70.3 Å². The van der Waals surface area contributed by atoms with E-state index in [9.17, 15) is 13.6 Å². The Bertz CT molecular complexity index is 513. The van der Waals surface area contributed by atoms with Crippen molar-refractivity contribution in [1.82, 2.24) is 5.32 Å². The van der Waals surface area contributed by atoms with Crippen LogP contribution >= 0.6 is 0 Å². The van der Waals surface area contributed by atoms with Crippen molar-refractivity contribution >= 4 is 12.2 Å². The van der Waals surface area contributed by atoms with E-state index in [0.717, 1.165) is 31.5 Å². The van der Waals surface area contributed by atoms with Crippen LogP contribution in [0.3, 0.4) is 0 Å². The molecule has 0 amide bonds. The molecule has 136 valence electrons. The molecule has 1 aliphatic heterocycles. The molecule has 7 heteroatoms. The molecular weight excluding hydrogens is 318 g/mol. The van der Waals surface area contributed by atoms with Gasteiger partial charge >= 0.3 is 6.61 Å². The highest BCUT2D eigenvalue weighted by atomic mass is 19.3. The molecule has 1 aromatic carbocycles. The summed E-state index contributed by atoms with van der Waals surface area (Å²) >= 11 is 0. The van der Waals surface area contributed by atoms with Crippen LogP contribution in [-0.2, 0) is 9.53 Å². The summed E-state index contributed by atoms with van der Waals surface area (Å²) in [6.07, 6.45) is 2.02. The summed E-state index contributed by atoms with van der Waals surface area (Å²) < 4.78 is 33.3. The highest BCUT2D eigenvalue weighted by molar-refractivity contribution is 5.54. The molecule has 5 nitrogen and oxygen atoms in total. The molecule has 0 atom stereocenters. The van der Waals surface area contributed by atoms with Crippen LogP contribution < -0.4 is 15.8 Å². The van der Waals surface area contributed by atoms with Crippen molar-refractivity contribution in [3.63, 3.8) is 0 Å². The van der Waals surface area contributed by atoms with Gasteiger partial charge in [0.25, 0.3) is 6.47 Å². The summed E-state index contributed by atoms with van der Waals surface area (Å²) in [5, 5.41) is 3.27. The Morgan fingerprint density at radius 3 is 2.38 bits per heavy atom. The first-order valence-corrected chi connectivity index (χ1v) is 7.89. The predicted octanol–water partition coefficient (Wildman–Crippen LogP) is 3.30. The molecule has 0 aliphatic carbocycles. The summed E-state index contributed by atoms with van der Waals surface area (Å²) in [6, 6.07) is 5.16. The van der Waals surface area contributed by atoms with Crippen molar-refractivity contribution in [2.24, 2.45) is 0 Å². The van der Waals surface area contributed by atoms with Crippen LogP contribution in [-0.4, -0.2) is 31.8 Å². The number of carbonyl (C=O) groups excluding carboxylic acids is 1. The number of nitrogens with one attached hydrogen (secondary N) is 1. The summed E-state index contributed by atoms with van der Waals surface area (Å²) in [6.45, 7) is 5.00. The van der Waals surface area contributed by atoms with Crippen LogP contribution in [0.2, 0.25) is 0 Å². The minimum absolute atomic E-state index is 0.0797. The van der Waals surface area contributed by atoms with Crippen LogP contribution in [0, 0.1) is 0 Å². The topological polar surface area (TPSA) is 73.6 Å². The van der Waals surface area contributed by atoms with Gasteiger partial charge in [-0.1, -0.05) is 6.07 Å². The van der Waals surface area contributed by atoms with Gasteiger partial charge in [-0.3, -0.25) is 4.79 Å². The third-order valence-electron chi connectivity index (χ3n) is 3.47. The lowest BCUT2D eigenvalue weighted by atomic mass is 9.90. The lowest BCUT2D eigenvalue weighted by molar-refractivity contribution is -0.138. The number of anilines is 1. The molecule has 3 N–H and O–H groups in total. The Kier molecular flexibility index (Phi) is 7.91. The molecule has 24 heavy (non-hydrogen) atoms. The van der Waals surface area contributed by atoms with E-state index in [2.05, 4.69) is 14.8 Å². The van der Waals surface area contributed by atoms with E-state index in [1.54, 1.807) is 12.1 Å². The van der Waals surface area contributed by atoms with E-state index in [0.29, 0.717) is 12.4 Å². The summed E-state index contributed by atoms with van der Waals surface area (Å²) in [4.78, 5) is 9.60. The number of hydrogen-bond acceptors (Lipinski definition) is 5. The third kappa shape index (κ3) is 7.59. The van der Waals surface area contributed by atoms with Gasteiger partial charge in [0.15, 0.2) is 0 Å². The molecule has 0 aromatic heterocycles. The zero-order chi connectivity index (χ0) is 18.2. The fraction of sp³-hybridized carbons (Fsp3) is 0.588. The van der Waals surface area contributed by atoms with E-state index < -0.39 is 6.61 Å². The second-order valence-electron chi connectivity index (χ2n) is 6.53. The number of piperidine rings is 1. The fourth-order valence-electron chi connectivity index (χ4n) is 2.30. The number of alkyl halides is 2. The van der Waals surface area contributed by atoms with Crippen LogP contribution in [0.5, 0.6) is 5.75 Å². The predicted molar refractivity (Wildman–Crippen MR) is 89.2 cm³/mol. The standard InChI is InChI=1S/C12H16F2N2O.C5H10O2/c13-12(14)17-11-7-9(1-2-10(11)15)8-3-5-16-6-4-8;1-5(2,3)7-4-6/h1-2,7-8,12,16H,3-6,15H2;4H,1-3H3. The van der Waals surface area contributed by atoms with E-state index in [1.807, 2.05) is 26.8 Å². The van der Waals surface area contributed by atoms with Crippen molar-refractivity contribution in [1.29, 1.82) is 0 Å². The molecule has 0 saturated carbocycles. The van der Waals surface area contributed by atoms with Gasteiger partial charge in [0.05, 0.1) is 5.69 Å². The molecule has 0 unspecified atom stereocenters. The minimum Gasteiger partial charge on any atom is -0.462 e. The normalized spacial score (nSPS) is 15.4. The number of hydrogen-bond donors (Lipinski definition) is 2. The molecule has 0 spiro atoms. The summed E-state index contributed by atoms with van der Waals surface area (Å²) in [7, 11) is 0. The van der Waals surface area contributed by atoms with Crippen LogP contribution in [0.4, 0.5) is 14.5 Å². The Hall–Kier alpha value is -1.89. The number of benzene rings is 1. The maximum atomic E-state index is 12.2. The lowest BCUT2D eigenvalue weighted by Gasteiger charge is -2.23. The Labute approximate surface area is 141 Å². The molecule has 1 saturated heterocycles. The van der Waals surface area contributed by atoms with Gasteiger partial charge in [-0.25, -0.2) is 0 Å². The van der Waals surface area contributed by atoms with Gasteiger partial charge in [0.1, 0.15) is 11.4 Å². The number of carbonyl (C=O) groups is 1. The van der Waals surface area contributed by atoms with Crippen molar-refractivity contribution in [2.45, 2.75) is 51.7 Å². The summed E-state index contributed by atoms with van der Waals surface area (Å²) in [5.74, 6) is 0.480. The maximum Gasteiger partial charge on any atom is 0.387 e. The van der Waals surface area contributed by atoms with E-state index in [-0.39, 0.29) is 17.0 Å². The fourth-order valence-corrected chi connectivity index (χ4v) is 2.30. The quantitative estimate of drug-likeness (QED) is 0.648. The smallest absolute Gasteiger partial charge is 0.387 e. The monoisotopic (exact) mass is 344 g/mol. The average molecular weight is 344 g/mol. The second kappa shape index (κ2) is 9.42. The summed E-state index contributed by atoms with van der Waals surface area (Å²) in [5.41, 5.74) is 6.56. The first-order chi connectivity index (χ1) is 11.2. The Balaban J connectivity index is 0.000000351. The van der Waals surface area contributed by atoms with E-state index in [4.69, 9.17) is 5.73 Å². The SMILES string of the molecule is CC(C)(C)OC=O.Nc1ccc(C2CCNCC2)cc1OC(F)F.